The maximum atomic E-state index is 14.6. The Balaban J connectivity index is 1.75. The lowest BCUT2D eigenvalue weighted by Crippen LogP contribution is -2.65. The van der Waals surface area contributed by atoms with Crippen molar-refractivity contribution in [2.24, 2.45) is 17.6 Å². The number of rotatable bonds is 3. The summed E-state index contributed by atoms with van der Waals surface area (Å²) in [6.07, 6.45) is -3.71. The van der Waals surface area contributed by atoms with Gasteiger partial charge in [0.15, 0.2) is 11.4 Å². The van der Waals surface area contributed by atoms with Crippen LogP contribution in [0, 0.1) is 11.8 Å². The number of primary amides is 1. The van der Waals surface area contributed by atoms with Gasteiger partial charge < -0.3 is 31.5 Å². The predicted octanol–water partition coefficient (Wildman–Crippen LogP) is 1.80. The zero-order valence-electron chi connectivity index (χ0n) is 21.8. The molecule has 13 heteroatoms. The molecule has 0 radical (unpaired) electrons. The number of carbonyl (C=O) groups is 3. The minimum absolute atomic E-state index is 0.163. The number of aromatic hydroxyl groups is 1. The van der Waals surface area contributed by atoms with Gasteiger partial charge in [-0.05, 0) is 69.4 Å². The number of ketones is 2. The number of nitrogens with zero attached hydrogens (tertiary/aromatic N) is 1. The number of likely N-dealkylation sites (N-methyl/N-ethyl adjacent to an activating group) is 1. The van der Waals surface area contributed by atoms with Gasteiger partial charge in [-0.25, -0.2) is 0 Å². The lowest BCUT2D eigenvalue weighted by molar-refractivity contribution is -0.153. The number of nitrogens with one attached hydrogen (secondary N) is 1. The molecule has 1 amide bonds. The smallest absolute Gasteiger partial charge is 0.417 e. The van der Waals surface area contributed by atoms with E-state index >= 15 is 0 Å². The number of fused-ring (bicyclic) bond motifs is 3. The summed E-state index contributed by atoms with van der Waals surface area (Å²) in [6, 6.07) is -1.07. The van der Waals surface area contributed by atoms with Gasteiger partial charge in [-0.15, -0.1) is 0 Å². The number of carbonyl (C=O) groups excluding carboxylic acids is 3. The topological polar surface area (TPSA) is 173 Å². The Hall–Kier alpha value is -3.42. The van der Waals surface area contributed by atoms with Crippen LogP contribution in [0.25, 0.3) is 5.76 Å². The van der Waals surface area contributed by atoms with Crippen LogP contribution >= 0.6 is 0 Å². The average Bonchev–Trinajstić information content (AvgIpc) is 2.85. The molecule has 3 aliphatic carbocycles. The molecule has 1 aromatic carbocycles. The van der Waals surface area contributed by atoms with Gasteiger partial charge in [0.2, 0.25) is 5.78 Å². The predicted molar refractivity (Wildman–Crippen MR) is 134 cm³/mol. The first-order valence-electron chi connectivity index (χ1n) is 13.0. The third-order valence-corrected chi connectivity index (χ3v) is 8.72. The van der Waals surface area contributed by atoms with E-state index in [1.54, 1.807) is 0 Å². The van der Waals surface area contributed by atoms with Crippen LogP contribution in [0.15, 0.2) is 23.0 Å². The molecule has 1 aliphatic heterocycles. The van der Waals surface area contributed by atoms with Crippen LogP contribution in [-0.2, 0) is 27.0 Å². The molecule has 1 saturated carbocycles. The number of alkyl halides is 3. The normalized spacial score (nSPS) is 30.8. The Kier molecular flexibility index (Phi) is 6.55. The Morgan fingerprint density at radius 1 is 1.18 bits per heavy atom. The number of hydrogen-bond donors (Lipinski definition) is 6. The summed E-state index contributed by atoms with van der Waals surface area (Å²) in [7, 11) is 2.88. The second-order valence-corrected chi connectivity index (χ2v) is 11.2. The third-order valence-electron chi connectivity index (χ3n) is 8.72. The molecule has 0 bridgehead atoms. The number of aliphatic hydroxyl groups is 3. The van der Waals surface area contributed by atoms with E-state index in [9.17, 15) is 48.0 Å². The number of amides is 1. The van der Waals surface area contributed by atoms with Gasteiger partial charge >= 0.3 is 6.18 Å². The Bertz CT molecular complexity index is 1390. The molecule has 7 N–H and O–H groups in total. The van der Waals surface area contributed by atoms with Gasteiger partial charge in [0.25, 0.3) is 5.91 Å². The fourth-order valence-electron chi connectivity index (χ4n) is 7.07. The zero-order valence-corrected chi connectivity index (χ0v) is 21.8. The first-order chi connectivity index (χ1) is 18.6. The van der Waals surface area contributed by atoms with Gasteiger partial charge in [-0.1, -0.05) is 6.42 Å². The maximum Gasteiger partial charge on any atom is 0.417 e. The summed E-state index contributed by atoms with van der Waals surface area (Å²) in [5.41, 5.74) is -1.18. The van der Waals surface area contributed by atoms with E-state index in [4.69, 9.17) is 5.73 Å². The number of halogens is 3. The van der Waals surface area contributed by atoms with Crippen LogP contribution in [0.5, 0.6) is 5.75 Å². The molecule has 4 aliphatic rings. The van der Waals surface area contributed by atoms with Gasteiger partial charge in [0, 0.05) is 17.5 Å². The third kappa shape index (κ3) is 3.85. The molecular weight excluding hydrogens is 535 g/mol. The average molecular weight is 566 g/mol. The molecule has 0 aromatic heterocycles. The van der Waals surface area contributed by atoms with Gasteiger partial charge in [-0.2, -0.15) is 13.2 Å². The molecule has 2 fully saturated rings. The van der Waals surface area contributed by atoms with Crippen molar-refractivity contribution in [3.8, 4) is 5.75 Å². The molecule has 1 saturated heterocycles. The fourth-order valence-corrected chi connectivity index (χ4v) is 7.07. The van der Waals surface area contributed by atoms with Gasteiger partial charge in [-0.3, -0.25) is 19.3 Å². The van der Waals surface area contributed by atoms with Crippen molar-refractivity contribution < 1.29 is 48.0 Å². The lowest BCUT2D eigenvalue weighted by atomic mass is 9.57. The molecule has 1 aromatic rings. The molecule has 0 spiro atoms. The SMILES string of the molecule is CN(C)[C@@H]1C(=O)C(C(N)=O)=C(O)[C@@]2(O)C(=O)C3=C(O)c4c(O)cc(C5CCCCN5)c(C(F)(F)F)c4C[C@H]3C[C@@H]12. The first-order valence-corrected chi connectivity index (χ1v) is 13.0. The van der Waals surface area contributed by atoms with E-state index < -0.39 is 99.1 Å². The van der Waals surface area contributed by atoms with Crippen LogP contribution in [0.3, 0.4) is 0 Å². The number of phenols is 1. The highest BCUT2D eigenvalue weighted by Crippen LogP contribution is 2.55. The summed E-state index contributed by atoms with van der Waals surface area (Å²) in [5, 5.41) is 47.6. The summed E-state index contributed by atoms with van der Waals surface area (Å²) >= 11 is 0. The molecule has 10 nitrogen and oxygen atoms in total. The standard InChI is InChI=1S/C27H30F3N3O7/c1-33(2)20-13-8-10-7-12-17(15(34)9-11(19(12)27(28,29)30)14-5-3-4-6-32-14)21(35)16(10)23(37)26(13,40)24(38)18(22(20)36)25(31)39/h9-10,13-14,20,32,34-35,38,40H,3-8H2,1-2H3,(H2,31,39)/t10-,13-,14?,20-,26-/m0/s1. The number of nitrogens with two attached hydrogens (primary N) is 1. The highest BCUT2D eigenvalue weighted by molar-refractivity contribution is 6.24. The molecule has 5 rings (SSSR count). The lowest BCUT2D eigenvalue weighted by Gasteiger charge is -2.50. The Morgan fingerprint density at radius 2 is 1.85 bits per heavy atom. The summed E-state index contributed by atoms with van der Waals surface area (Å²) in [6.45, 7) is 0.497. The van der Waals surface area contributed by atoms with E-state index in [1.807, 2.05) is 0 Å². The van der Waals surface area contributed by atoms with E-state index in [2.05, 4.69) is 5.32 Å². The van der Waals surface area contributed by atoms with E-state index in [0.717, 1.165) is 12.5 Å². The molecular formula is C27H30F3N3O7. The number of piperidine rings is 1. The van der Waals surface area contributed by atoms with Crippen molar-refractivity contribution in [1.29, 1.82) is 0 Å². The van der Waals surface area contributed by atoms with Crippen molar-refractivity contribution in [2.45, 2.75) is 56.0 Å². The quantitative estimate of drug-likeness (QED) is 0.299. The van der Waals surface area contributed by atoms with Gasteiger partial charge in [0.05, 0.1) is 17.2 Å². The van der Waals surface area contributed by atoms with Crippen molar-refractivity contribution >= 4 is 23.2 Å². The van der Waals surface area contributed by atoms with Crippen LogP contribution < -0.4 is 11.1 Å². The molecule has 5 atom stereocenters. The molecule has 1 unspecified atom stereocenters. The minimum Gasteiger partial charge on any atom is -0.508 e. The number of benzene rings is 1. The molecule has 1 heterocycles. The summed E-state index contributed by atoms with van der Waals surface area (Å²) in [4.78, 5) is 40.4. The minimum atomic E-state index is -4.87. The van der Waals surface area contributed by atoms with Crippen molar-refractivity contribution in [3.63, 3.8) is 0 Å². The van der Waals surface area contributed by atoms with E-state index in [1.165, 1.54) is 19.0 Å². The monoisotopic (exact) mass is 565 g/mol. The largest absolute Gasteiger partial charge is 0.508 e. The highest BCUT2D eigenvalue weighted by atomic mass is 19.4. The number of aliphatic hydroxyl groups excluding tert-OH is 2. The first kappa shape index (κ1) is 28.1. The van der Waals surface area contributed by atoms with Crippen molar-refractivity contribution in [3.05, 3.63) is 45.2 Å². The summed E-state index contributed by atoms with van der Waals surface area (Å²) in [5.74, 6) is -8.96. The Labute approximate surface area is 227 Å². The molecule has 40 heavy (non-hydrogen) atoms. The van der Waals surface area contributed by atoms with E-state index in [-0.39, 0.29) is 17.5 Å². The molecule has 216 valence electrons. The number of hydrogen-bond acceptors (Lipinski definition) is 9. The van der Waals surface area contributed by atoms with E-state index in [0.29, 0.717) is 19.4 Å². The summed E-state index contributed by atoms with van der Waals surface area (Å²) < 4.78 is 43.9. The number of Topliss-reactive ketones (excluding diaryl/α,β-unsaturated/α-hetero) is 2. The van der Waals surface area contributed by atoms with Crippen molar-refractivity contribution in [1.82, 2.24) is 10.2 Å². The van der Waals surface area contributed by atoms with Crippen molar-refractivity contribution in [2.75, 3.05) is 20.6 Å². The maximum absolute atomic E-state index is 14.6. The highest BCUT2D eigenvalue weighted by Gasteiger charge is 2.64. The Morgan fingerprint density at radius 3 is 2.40 bits per heavy atom. The van der Waals surface area contributed by atoms with Crippen LogP contribution in [0.1, 0.15) is 54.0 Å². The second-order valence-electron chi connectivity index (χ2n) is 11.2. The van der Waals surface area contributed by atoms with Crippen LogP contribution in [-0.4, -0.2) is 75.1 Å². The van der Waals surface area contributed by atoms with Crippen LogP contribution in [0.2, 0.25) is 0 Å². The van der Waals surface area contributed by atoms with Crippen LogP contribution in [0.4, 0.5) is 13.2 Å². The second kappa shape index (κ2) is 9.32. The number of phenolic OH excluding ortho intramolecular Hbond substituents is 1. The fraction of sp³-hybridized carbons (Fsp3) is 0.519. The zero-order chi connectivity index (χ0) is 29.5. The van der Waals surface area contributed by atoms with Gasteiger partial charge in [0.1, 0.15) is 22.8 Å².